The number of anilines is 1. The summed E-state index contributed by atoms with van der Waals surface area (Å²) in [5.41, 5.74) is 0.472. The second kappa shape index (κ2) is 6.09. The Labute approximate surface area is 118 Å². The molecule has 5 nitrogen and oxygen atoms in total. The van der Waals surface area contributed by atoms with Crippen LogP contribution in [0, 0.1) is 0 Å². The Morgan fingerprint density at radius 1 is 1.37 bits per heavy atom. The first-order chi connectivity index (χ1) is 9.03. The lowest BCUT2D eigenvalue weighted by molar-refractivity contribution is 0.211. The van der Waals surface area contributed by atoms with E-state index in [1.165, 1.54) is 0 Å². The fraction of sp³-hybridized carbons (Fsp3) is 0.500. The summed E-state index contributed by atoms with van der Waals surface area (Å²) in [7, 11) is -3.51. The van der Waals surface area contributed by atoms with Crippen molar-refractivity contribution in [2.75, 3.05) is 17.7 Å². The minimum atomic E-state index is -3.51. The number of hydrogen-bond donors (Lipinski definition) is 3. The highest BCUT2D eigenvalue weighted by atomic mass is 35.5. The van der Waals surface area contributed by atoms with E-state index in [1.54, 1.807) is 24.3 Å². The number of aliphatic hydroxyl groups excluding tert-OH is 1. The third kappa shape index (κ3) is 4.07. The van der Waals surface area contributed by atoms with E-state index in [0.29, 0.717) is 5.69 Å². The van der Waals surface area contributed by atoms with Gasteiger partial charge in [0, 0.05) is 12.6 Å². The Hall–Kier alpha value is -0.820. The first kappa shape index (κ1) is 14.6. The standard InChI is InChI=1S/C12H17ClN2O3S/c13-7-10(16)8-14-11-3-1-2-4-12(11)19(17,18)15-9-5-6-9/h1-4,9-10,14-16H,5-8H2. The molecule has 0 spiro atoms. The summed E-state index contributed by atoms with van der Waals surface area (Å²) < 4.78 is 27.0. The minimum absolute atomic E-state index is 0.0616. The molecule has 0 bridgehead atoms. The van der Waals surface area contributed by atoms with Gasteiger partial charge in [-0.15, -0.1) is 11.6 Å². The molecule has 106 valence electrons. The fourth-order valence-corrected chi connectivity index (χ4v) is 3.21. The predicted octanol–water partition coefficient (Wildman–Crippen LogP) is 1.14. The molecule has 1 unspecified atom stereocenters. The van der Waals surface area contributed by atoms with E-state index in [0.717, 1.165) is 12.8 Å². The van der Waals surface area contributed by atoms with Crippen LogP contribution in [0.15, 0.2) is 29.2 Å². The monoisotopic (exact) mass is 304 g/mol. The molecular formula is C12H17ClN2O3S. The topological polar surface area (TPSA) is 78.4 Å². The first-order valence-electron chi connectivity index (χ1n) is 6.12. The Bertz CT molecular complexity index is 532. The highest BCUT2D eigenvalue weighted by Gasteiger charge is 2.29. The second-order valence-corrected chi connectivity index (χ2v) is 6.57. The van der Waals surface area contributed by atoms with Gasteiger partial charge in [0.1, 0.15) is 4.90 Å². The van der Waals surface area contributed by atoms with Crippen LogP contribution in [-0.4, -0.2) is 38.1 Å². The van der Waals surface area contributed by atoms with Crippen LogP contribution in [0.4, 0.5) is 5.69 Å². The molecule has 1 aromatic carbocycles. The van der Waals surface area contributed by atoms with Crippen LogP contribution < -0.4 is 10.0 Å². The maximum Gasteiger partial charge on any atom is 0.242 e. The molecule has 1 aliphatic carbocycles. The van der Waals surface area contributed by atoms with Crippen molar-refractivity contribution < 1.29 is 13.5 Å². The number of sulfonamides is 1. The predicted molar refractivity (Wildman–Crippen MR) is 75.0 cm³/mol. The number of para-hydroxylation sites is 1. The van der Waals surface area contributed by atoms with E-state index in [4.69, 9.17) is 11.6 Å². The van der Waals surface area contributed by atoms with Gasteiger partial charge in [0.15, 0.2) is 0 Å². The SMILES string of the molecule is O=S(=O)(NC1CC1)c1ccccc1NCC(O)CCl. The number of nitrogens with one attached hydrogen (secondary N) is 2. The molecule has 3 N–H and O–H groups in total. The van der Waals surface area contributed by atoms with Crippen molar-refractivity contribution >= 4 is 27.3 Å². The average molecular weight is 305 g/mol. The molecule has 0 amide bonds. The van der Waals surface area contributed by atoms with Gasteiger partial charge in [0.05, 0.1) is 17.7 Å². The summed E-state index contributed by atoms with van der Waals surface area (Å²) in [5.74, 6) is 0.0994. The average Bonchev–Trinajstić information content (AvgIpc) is 3.19. The highest BCUT2D eigenvalue weighted by Crippen LogP contribution is 2.25. The Morgan fingerprint density at radius 2 is 2.05 bits per heavy atom. The smallest absolute Gasteiger partial charge is 0.242 e. The van der Waals surface area contributed by atoms with Gasteiger partial charge in [-0.2, -0.15) is 0 Å². The van der Waals surface area contributed by atoms with Gasteiger partial charge >= 0.3 is 0 Å². The molecular weight excluding hydrogens is 288 g/mol. The van der Waals surface area contributed by atoms with E-state index in [9.17, 15) is 13.5 Å². The van der Waals surface area contributed by atoms with Crippen molar-refractivity contribution in [2.45, 2.75) is 29.9 Å². The van der Waals surface area contributed by atoms with Crippen LogP contribution in [0.2, 0.25) is 0 Å². The third-order valence-corrected chi connectivity index (χ3v) is 4.72. The first-order valence-corrected chi connectivity index (χ1v) is 8.14. The molecule has 0 aromatic heterocycles. The summed E-state index contributed by atoms with van der Waals surface area (Å²) in [5, 5.41) is 12.3. The molecule has 19 heavy (non-hydrogen) atoms. The van der Waals surface area contributed by atoms with Crippen LogP contribution in [0.5, 0.6) is 0 Å². The molecule has 0 radical (unpaired) electrons. The lowest BCUT2D eigenvalue weighted by atomic mass is 10.3. The largest absolute Gasteiger partial charge is 0.390 e. The molecule has 0 saturated heterocycles. The van der Waals surface area contributed by atoms with E-state index in [2.05, 4.69) is 10.0 Å². The van der Waals surface area contributed by atoms with Gasteiger partial charge in [0.25, 0.3) is 0 Å². The number of rotatable bonds is 7. The lowest BCUT2D eigenvalue weighted by Crippen LogP contribution is -2.27. The summed E-state index contributed by atoms with van der Waals surface area (Å²) in [6.45, 7) is 0.208. The molecule has 7 heteroatoms. The number of hydrogen-bond acceptors (Lipinski definition) is 4. The van der Waals surface area contributed by atoms with Crippen LogP contribution in [0.25, 0.3) is 0 Å². The van der Waals surface area contributed by atoms with E-state index in [-0.39, 0.29) is 23.4 Å². The third-order valence-electron chi connectivity index (χ3n) is 2.78. The molecule has 1 aromatic rings. The van der Waals surface area contributed by atoms with Gasteiger partial charge in [-0.3, -0.25) is 0 Å². The molecule has 2 rings (SSSR count). The zero-order valence-corrected chi connectivity index (χ0v) is 11.9. The summed E-state index contributed by atoms with van der Waals surface area (Å²) in [6.07, 6.45) is 1.06. The molecule has 1 fully saturated rings. The quantitative estimate of drug-likeness (QED) is 0.660. The number of benzene rings is 1. The zero-order valence-electron chi connectivity index (χ0n) is 10.3. The summed E-state index contributed by atoms with van der Waals surface area (Å²) in [6, 6.07) is 6.69. The van der Waals surface area contributed by atoms with E-state index >= 15 is 0 Å². The molecule has 1 aliphatic rings. The van der Waals surface area contributed by atoms with E-state index in [1.807, 2.05) is 0 Å². The van der Waals surface area contributed by atoms with Crippen LogP contribution in [0.3, 0.4) is 0 Å². The zero-order chi connectivity index (χ0) is 13.9. The Morgan fingerprint density at radius 3 is 2.68 bits per heavy atom. The van der Waals surface area contributed by atoms with Crippen molar-refractivity contribution in [1.82, 2.24) is 4.72 Å². The lowest BCUT2D eigenvalue weighted by Gasteiger charge is -2.14. The molecule has 1 atom stereocenters. The number of aliphatic hydroxyl groups is 1. The molecule has 1 saturated carbocycles. The normalized spacial score (nSPS) is 17.2. The van der Waals surface area contributed by atoms with Crippen LogP contribution in [-0.2, 0) is 10.0 Å². The fourth-order valence-electron chi connectivity index (χ4n) is 1.61. The van der Waals surface area contributed by atoms with Crippen molar-refractivity contribution in [3.8, 4) is 0 Å². The summed E-state index contributed by atoms with van der Waals surface area (Å²) in [4.78, 5) is 0.198. The van der Waals surface area contributed by atoms with E-state index < -0.39 is 16.1 Å². The number of alkyl halides is 1. The van der Waals surface area contributed by atoms with Gasteiger partial charge < -0.3 is 10.4 Å². The van der Waals surface area contributed by atoms with Crippen molar-refractivity contribution in [1.29, 1.82) is 0 Å². The summed E-state index contributed by atoms with van der Waals surface area (Å²) >= 11 is 5.50. The van der Waals surface area contributed by atoms with Gasteiger partial charge in [-0.1, -0.05) is 12.1 Å². The Balaban J connectivity index is 2.15. The maximum atomic E-state index is 12.2. The maximum absolute atomic E-state index is 12.2. The Kier molecular flexibility index (Phi) is 4.67. The van der Waals surface area contributed by atoms with Gasteiger partial charge in [-0.05, 0) is 25.0 Å². The van der Waals surface area contributed by atoms with Crippen molar-refractivity contribution in [3.63, 3.8) is 0 Å². The van der Waals surface area contributed by atoms with Crippen LogP contribution in [0.1, 0.15) is 12.8 Å². The van der Waals surface area contributed by atoms with Crippen molar-refractivity contribution in [3.05, 3.63) is 24.3 Å². The van der Waals surface area contributed by atoms with Gasteiger partial charge in [-0.25, -0.2) is 13.1 Å². The molecule has 0 aliphatic heterocycles. The van der Waals surface area contributed by atoms with Gasteiger partial charge in [0.2, 0.25) is 10.0 Å². The minimum Gasteiger partial charge on any atom is -0.390 e. The number of halogens is 1. The highest BCUT2D eigenvalue weighted by molar-refractivity contribution is 7.89. The van der Waals surface area contributed by atoms with Crippen LogP contribution >= 0.6 is 11.6 Å². The molecule has 0 heterocycles. The second-order valence-electron chi connectivity index (χ2n) is 4.58. The van der Waals surface area contributed by atoms with Crippen molar-refractivity contribution in [2.24, 2.45) is 0 Å².